The second-order valence-corrected chi connectivity index (χ2v) is 15.4. The molecule has 1 aliphatic carbocycles. The van der Waals surface area contributed by atoms with Crippen molar-refractivity contribution in [2.75, 3.05) is 13.2 Å². The quantitative estimate of drug-likeness (QED) is 0.121. The molecule has 3 aromatic heterocycles. The number of aromatic nitrogens is 5. The molecule has 2 fully saturated rings. The van der Waals surface area contributed by atoms with Gasteiger partial charge in [-0.2, -0.15) is 5.10 Å². The van der Waals surface area contributed by atoms with Crippen LogP contribution < -0.4 is 11.0 Å². The highest BCUT2D eigenvalue weighted by Crippen LogP contribution is 2.53. The number of aromatic amines is 1. The molecule has 13 nitrogen and oxygen atoms in total. The molecule has 3 aliphatic rings. The van der Waals surface area contributed by atoms with Crippen molar-refractivity contribution in [3.63, 3.8) is 0 Å². The number of H-pyrrole nitrogens is 1. The van der Waals surface area contributed by atoms with Crippen molar-refractivity contribution in [3.05, 3.63) is 99.2 Å². The minimum absolute atomic E-state index is 0.116. The lowest BCUT2D eigenvalue weighted by molar-refractivity contribution is -0.0592. The Morgan fingerprint density at radius 2 is 1.91 bits per heavy atom. The molecule has 2 amide bonds. The van der Waals surface area contributed by atoms with Gasteiger partial charge in [0.1, 0.15) is 28.7 Å². The maximum Gasteiger partial charge on any atom is 0.410 e. The van der Waals surface area contributed by atoms with Crippen LogP contribution in [0.3, 0.4) is 0 Å². The van der Waals surface area contributed by atoms with Crippen molar-refractivity contribution in [1.29, 1.82) is 5.41 Å². The third-order valence-corrected chi connectivity index (χ3v) is 11.5. The summed E-state index contributed by atoms with van der Waals surface area (Å²) in [6.07, 6.45) is 4.41. The van der Waals surface area contributed by atoms with E-state index in [1.165, 1.54) is 16.8 Å². The molecule has 5 heterocycles. The maximum atomic E-state index is 15.1. The van der Waals surface area contributed by atoms with Crippen LogP contribution in [0.2, 0.25) is 0 Å². The number of amidine groups is 1. The Morgan fingerprint density at radius 3 is 2.57 bits per heavy atom. The Morgan fingerprint density at radius 1 is 1.13 bits per heavy atom. The summed E-state index contributed by atoms with van der Waals surface area (Å²) in [5, 5.41) is 26.6. The second-order valence-electron chi connectivity index (χ2n) is 15.4. The first kappa shape index (κ1) is 34.6. The van der Waals surface area contributed by atoms with Gasteiger partial charge in [-0.05, 0) is 106 Å². The number of aryl methyl sites for hydroxylation is 1. The number of fused-ring (bicyclic) bond motifs is 2. The van der Waals surface area contributed by atoms with E-state index in [0.29, 0.717) is 54.3 Å². The van der Waals surface area contributed by atoms with Gasteiger partial charge >= 0.3 is 11.8 Å². The van der Waals surface area contributed by atoms with Gasteiger partial charge < -0.3 is 24.3 Å². The third kappa shape index (κ3) is 5.58. The van der Waals surface area contributed by atoms with Gasteiger partial charge in [-0.25, -0.2) is 18.7 Å². The Labute approximate surface area is 304 Å². The topological polar surface area (TPSA) is 163 Å². The first-order chi connectivity index (χ1) is 25.2. The molecule has 2 aliphatic heterocycles. The van der Waals surface area contributed by atoms with Gasteiger partial charge in [-0.1, -0.05) is 13.0 Å². The normalized spacial score (nSPS) is 23.5. The molecule has 0 unspecified atom stereocenters. The molecule has 53 heavy (non-hydrogen) atoms. The van der Waals surface area contributed by atoms with Crippen LogP contribution >= 0.6 is 0 Å². The molecule has 2 aromatic carbocycles. The summed E-state index contributed by atoms with van der Waals surface area (Å²) in [4.78, 5) is 44.4. The lowest BCUT2D eigenvalue weighted by atomic mass is 9.83. The summed E-state index contributed by atoms with van der Waals surface area (Å²) < 4.78 is 25.3. The smallest absolute Gasteiger partial charge is 0.410 e. The van der Waals surface area contributed by atoms with Gasteiger partial charge in [0.15, 0.2) is 0 Å². The summed E-state index contributed by atoms with van der Waals surface area (Å²) in [6, 6.07) is 12.2. The molecule has 4 N–H and O–H groups in total. The van der Waals surface area contributed by atoms with E-state index in [-0.39, 0.29) is 40.7 Å². The summed E-state index contributed by atoms with van der Waals surface area (Å²) in [5.41, 5.74) is 2.94. The average Bonchev–Trinajstić information content (AvgIpc) is 3.41. The van der Waals surface area contributed by atoms with Gasteiger partial charge in [0.2, 0.25) is 0 Å². The maximum absolute atomic E-state index is 15.1. The van der Waals surface area contributed by atoms with Crippen molar-refractivity contribution in [1.82, 2.24) is 34.1 Å². The van der Waals surface area contributed by atoms with E-state index in [1.54, 1.807) is 34.8 Å². The van der Waals surface area contributed by atoms with Crippen LogP contribution in [-0.2, 0) is 16.7 Å². The van der Waals surface area contributed by atoms with Gasteiger partial charge in [-0.3, -0.25) is 20.1 Å². The standard InChI is InChI=1S/C39H43FN8O5/c1-21-16-27(7-8-28(21)40)48-33(46-14-12-42-36(46)50)32-23(3)45(13-10-29(32)44-48)34(49)31-18-26-17-24(25-11-15-53-38(4,5)20-25)6-9-30(26)47(31)39(19-22(39)2)35(41)43-37(51)52/h6-9,12,14,16-18,22-23,25H,10-11,13,15,19-20H2,1-5H3,(H2,41,43)(H,42,50)(H,51,52)/t22-,23-,25-,39-/m0/s1. The fraction of sp³-hybridized carbons (Fsp3) is 0.410. The zero-order valence-electron chi connectivity index (χ0n) is 30.4. The summed E-state index contributed by atoms with van der Waals surface area (Å²) >= 11 is 0. The van der Waals surface area contributed by atoms with Crippen molar-refractivity contribution in [2.45, 2.75) is 83.4 Å². The molecule has 8 rings (SSSR count). The number of nitrogens with zero attached hydrogens (tertiary/aromatic N) is 5. The number of nitrogens with one attached hydrogen (secondary N) is 3. The van der Waals surface area contributed by atoms with Gasteiger partial charge in [0.25, 0.3) is 5.91 Å². The predicted molar refractivity (Wildman–Crippen MR) is 196 cm³/mol. The zero-order chi connectivity index (χ0) is 37.6. The van der Waals surface area contributed by atoms with E-state index in [9.17, 15) is 19.1 Å². The fourth-order valence-corrected chi connectivity index (χ4v) is 8.72. The Balaban J connectivity index is 1.25. The molecular weight excluding hydrogens is 679 g/mol. The number of halogens is 1. The number of carboxylic acid groups (broad SMARTS) is 1. The van der Waals surface area contributed by atoms with Crippen molar-refractivity contribution < 1.29 is 23.8 Å². The Bertz CT molecular complexity index is 2390. The lowest BCUT2D eigenvalue weighted by Crippen LogP contribution is -2.45. The van der Waals surface area contributed by atoms with E-state index in [2.05, 4.69) is 36.3 Å². The van der Waals surface area contributed by atoms with Gasteiger partial charge in [-0.15, -0.1) is 0 Å². The van der Waals surface area contributed by atoms with E-state index in [0.717, 1.165) is 35.0 Å². The first-order valence-corrected chi connectivity index (χ1v) is 18.0. The number of amides is 2. The monoisotopic (exact) mass is 722 g/mol. The van der Waals surface area contributed by atoms with Crippen LogP contribution in [0.4, 0.5) is 9.18 Å². The third-order valence-electron chi connectivity index (χ3n) is 11.5. The molecule has 1 saturated heterocycles. The van der Waals surface area contributed by atoms with Crippen LogP contribution in [0.5, 0.6) is 0 Å². The number of carbonyl (C=O) groups is 2. The van der Waals surface area contributed by atoms with E-state index >= 15 is 4.79 Å². The number of carbonyl (C=O) groups excluding carboxylic acids is 1. The number of rotatable bonds is 6. The summed E-state index contributed by atoms with van der Waals surface area (Å²) in [7, 11) is 0. The molecule has 0 bridgehead atoms. The van der Waals surface area contributed by atoms with Crippen molar-refractivity contribution in [3.8, 4) is 11.5 Å². The van der Waals surface area contributed by atoms with Crippen LogP contribution in [0.25, 0.3) is 22.4 Å². The molecule has 5 aromatic rings. The van der Waals surface area contributed by atoms with Crippen LogP contribution in [0.1, 0.15) is 91.8 Å². The summed E-state index contributed by atoms with van der Waals surface area (Å²) in [5.74, 6) is -0.222. The van der Waals surface area contributed by atoms with E-state index in [1.807, 2.05) is 30.5 Å². The lowest BCUT2D eigenvalue weighted by Gasteiger charge is -2.35. The van der Waals surface area contributed by atoms with Crippen LogP contribution in [0.15, 0.2) is 59.7 Å². The van der Waals surface area contributed by atoms with E-state index in [4.69, 9.17) is 15.2 Å². The predicted octanol–water partition coefficient (Wildman–Crippen LogP) is 6.17. The average molecular weight is 723 g/mol. The molecule has 1 saturated carbocycles. The molecule has 0 radical (unpaired) electrons. The largest absolute Gasteiger partial charge is 0.465 e. The highest BCUT2D eigenvalue weighted by atomic mass is 19.1. The minimum Gasteiger partial charge on any atom is -0.465 e. The molecule has 14 heteroatoms. The van der Waals surface area contributed by atoms with Crippen LogP contribution in [-0.4, -0.2) is 70.5 Å². The number of benzene rings is 2. The number of imidazole rings is 1. The van der Waals surface area contributed by atoms with Gasteiger partial charge in [0.05, 0.1) is 23.0 Å². The number of hydrogen-bond acceptors (Lipinski definition) is 6. The molecule has 4 atom stereocenters. The highest BCUT2D eigenvalue weighted by molar-refractivity contribution is 6.05. The number of ether oxygens (including phenoxy) is 1. The molecular formula is C39H43FN8O5. The highest BCUT2D eigenvalue weighted by Gasteiger charge is 2.59. The Kier molecular flexibility index (Phi) is 8.02. The van der Waals surface area contributed by atoms with Crippen LogP contribution in [0, 0.1) is 24.1 Å². The summed E-state index contributed by atoms with van der Waals surface area (Å²) in [6.45, 7) is 10.7. The zero-order valence-corrected chi connectivity index (χ0v) is 30.4. The first-order valence-electron chi connectivity index (χ1n) is 18.0. The van der Waals surface area contributed by atoms with E-state index < -0.39 is 17.7 Å². The molecule has 276 valence electrons. The minimum atomic E-state index is -1.33. The van der Waals surface area contributed by atoms with Crippen molar-refractivity contribution in [2.24, 2.45) is 5.92 Å². The number of hydrogen-bond donors (Lipinski definition) is 4. The Hall–Kier alpha value is -5.50. The van der Waals surface area contributed by atoms with Crippen molar-refractivity contribution >= 4 is 28.7 Å². The van der Waals surface area contributed by atoms with Gasteiger partial charge in [0, 0.05) is 48.4 Å². The molecule has 0 spiro atoms. The SMILES string of the molecule is Cc1cc(-n2nc3c(c2-n2cc[nH]c2=O)[C@H](C)N(C(=O)c2cc4cc([C@H]5CCOC(C)(C)C5)ccc4n2[C@@]2(C(=N)NC(=O)O)C[C@@H]2C)CC3)ccc1F. The second kappa shape index (κ2) is 12.3. The fourth-order valence-electron chi connectivity index (χ4n) is 8.72.